The number of rotatable bonds is 6. The summed E-state index contributed by atoms with van der Waals surface area (Å²) in [6.07, 6.45) is 2.43. The Morgan fingerprint density at radius 3 is 1.88 bits per heavy atom. The summed E-state index contributed by atoms with van der Waals surface area (Å²) in [6.45, 7) is 15.5. The largest absolute Gasteiger partial charge is 0.312 e. The molecular weight excluding hydrogens is 198 g/mol. The van der Waals surface area contributed by atoms with Gasteiger partial charge < -0.3 is 5.73 Å². The molecule has 0 amide bonds. The fourth-order valence-corrected chi connectivity index (χ4v) is 2.26. The summed E-state index contributed by atoms with van der Waals surface area (Å²) in [5.74, 6) is 6.20. The summed E-state index contributed by atoms with van der Waals surface area (Å²) >= 11 is 0. The van der Waals surface area contributed by atoms with Gasteiger partial charge >= 0.3 is 0 Å². The van der Waals surface area contributed by atoms with Gasteiger partial charge in [0.05, 0.1) is 5.66 Å². The van der Waals surface area contributed by atoms with Crippen molar-refractivity contribution in [2.24, 2.45) is 28.3 Å². The maximum atomic E-state index is 6.28. The summed E-state index contributed by atoms with van der Waals surface area (Å²) in [4.78, 5) is 0. The average molecular weight is 229 g/mol. The van der Waals surface area contributed by atoms with E-state index >= 15 is 0 Å². The molecule has 0 aromatic carbocycles. The van der Waals surface area contributed by atoms with E-state index < -0.39 is 5.66 Å². The Hall–Kier alpha value is -0.120. The van der Waals surface area contributed by atoms with Gasteiger partial charge in [-0.05, 0) is 18.3 Å². The average Bonchev–Trinajstić information content (AvgIpc) is 2.17. The molecule has 2 unspecified atom stereocenters. The van der Waals surface area contributed by atoms with Crippen LogP contribution in [-0.2, 0) is 0 Å². The number of hydrazine groups is 1. The maximum Gasteiger partial charge on any atom is 0.0817 e. The molecule has 0 aliphatic rings. The van der Waals surface area contributed by atoms with Gasteiger partial charge in [-0.15, -0.1) is 0 Å². The molecule has 0 aromatic rings. The normalized spacial score (nSPS) is 19.3. The van der Waals surface area contributed by atoms with Crippen LogP contribution in [0.25, 0.3) is 0 Å². The first-order valence-corrected chi connectivity index (χ1v) is 6.31. The lowest BCUT2D eigenvalue weighted by Crippen LogP contribution is -2.68. The van der Waals surface area contributed by atoms with Crippen molar-refractivity contribution in [1.82, 2.24) is 5.43 Å². The first-order chi connectivity index (χ1) is 7.04. The number of hydrogen-bond acceptors (Lipinski definition) is 3. The van der Waals surface area contributed by atoms with Gasteiger partial charge in [0.15, 0.2) is 0 Å². The van der Waals surface area contributed by atoms with E-state index in [1.807, 2.05) is 6.92 Å². The number of nitrogens with two attached hydrogens (primary N) is 2. The van der Waals surface area contributed by atoms with Gasteiger partial charge in [0.2, 0.25) is 0 Å². The van der Waals surface area contributed by atoms with Gasteiger partial charge in [-0.3, -0.25) is 5.84 Å². The fourth-order valence-electron chi connectivity index (χ4n) is 2.26. The zero-order valence-corrected chi connectivity index (χ0v) is 12.1. The van der Waals surface area contributed by atoms with E-state index in [4.69, 9.17) is 11.6 Å². The molecule has 0 fully saturated rings. The van der Waals surface area contributed by atoms with Gasteiger partial charge in [0.25, 0.3) is 0 Å². The number of nitrogens with one attached hydrogen (secondary N) is 1. The first kappa shape index (κ1) is 15.9. The van der Waals surface area contributed by atoms with E-state index in [1.54, 1.807) is 0 Å². The Morgan fingerprint density at radius 1 is 1.12 bits per heavy atom. The van der Waals surface area contributed by atoms with Crippen molar-refractivity contribution in [3.63, 3.8) is 0 Å². The van der Waals surface area contributed by atoms with Crippen molar-refractivity contribution in [2.75, 3.05) is 0 Å². The highest BCUT2D eigenvalue weighted by Gasteiger charge is 2.50. The molecular formula is C13H31N3. The van der Waals surface area contributed by atoms with E-state index in [0.717, 1.165) is 0 Å². The summed E-state index contributed by atoms with van der Waals surface area (Å²) in [6, 6.07) is 0. The van der Waals surface area contributed by atoms with E-state index in [9.17, 15) is 0 Å². The minimum Gasteiger partial charge on any atom is -0.312 e. The highest BCUT2D eigenvalue weighted by molar-refractivity contribution is 5.01. The lowest BCUT2D eigenvalue weighted by atomic mass is 9.56. The standard InChI is InChI=1S/C13H31N3/c1-8-9-10(2)11(3,4)12(5,6)13(7,14)16-15/h10,16H,8-9,14-15H2,1-7H3. The molecule has 0 aliphatic carbocycles. The van der Waals surface area contributed by atoms with Crippen LogP contribution in [0.3, 0.4) is 0 Å². The van der Waals surface area contributed by atoms with Crippen molar-refractivity contribution < 1.29 is 0 Å². The van der Waals surface area contributed by atoms with Gasteiger partial charge in [0, 0.05) is 5.41 Å². The molecule has 3 heteroatoms. The lowest BCUT2D eigenvalue weighted by molar-refractivity contribution is -0.0334. The lowest BCUT2D eigenvalue weighted by Gasteiger charge is -2.54. The molecule has 0 rings (SSSR count). The van der Waals surface area contributed by atoms with Crippen LogP contribution in [0.1, 0.15) is 61.3 Å². The minimum atomic E-state index is -0.571. The predicted octanol–water partition coefficient (Wildman–Crippen LogP) is 2.61. The molecule has 16 heavy (non-hydrogen) atoms. The van der Waals surface area contributed by atoms with Crippen LogP contribution in [0.2, 0.25) is 0 Å². The number of hydrogen-bond donors (Lipinski definition) is 3. The van der Waals surface area contributed by atoms with E-state index in [-0.39, 0.29) is 10.8 Å². The monoisotopic (exact) mass is 229 g/mol. The third kappa shape index (κ3) is 2.58. The topological polar surface area (TPSA) is 64.1 Å². The fraction of sp³-hybridized carbons (Fsp3) is 1.00. The molecule has 0 heterocycles. The quantitative estimate of drug-likeness (QED) is 0.373. The van der Waals surface area contributed by atoms with Crippen molar-refractivity contribution in [2.45, 2.75) is 67.0 Å². The SMILES string of the molecule is CCCC(C)C(C)(C)C(C)(C)C(C)(N)NN. The van der Waals surface area contributed by atoms with Gasteiger partial charge in [0.1, 0.15) is 0 Å². The molecule has 0 aliphatic heterocycles. The van der Waals surface area contributed by atoms with Gasteiger partial charge in [-0.2, -0.15) is 0 Å². The zero-order chi connectivity index (χ0) is 13.2. The molecule has 3 nitrogen and oxygen atoms in total. The Bertz CT molecular complexity index is 219. The minimum absolute atomic E-state index is 0.0939. The van der Waals surface area contributed by atoms with Crippen LogP contribution in [0.4, 0.5) is 0 Å². The van der Waals surface area contributed by atoms with Crippen LogP contribution in [-0.4, -0.2) is 5.66 Å². The van der Waals surface area contributed by atoms with Crippen molar-refractivity contribution in [1.29, 1.82) is 0 Å². The van der Waals surface area contributed by atoms with Crippen LogP contribution < -0.4 is 17.0 Å². The molecule has 2 atom stereocenters. The predicted molar refractivity (Wildman–Crippen MR) is 71.5 cm³/mol. The third-order valence-electron chi connectivity index (χ3n) is 5.16. The first-order valence-electron chi connectivity index (χ1n) is 6.31. The molecule has 0 saturated carbocycles. The Balaban J connectivity index is 5.12. The Morgan fingerprint density at radius 2 is 1.56 bits per heavy atom. The summed E-state index contributed by atoms with van der Waals surface area (Å²) in [5.41, 5.74) is 8.50. The van der Waals surface area contributed by atoms with Gasteiger partial charge in [-0.1, -0.05) is 54.4 Å². The van der Waals surface area contributed by atoms with Crippen LogP contribution in [0.15, 0.2) is 0 Å². The molecule has 0 aromatic heterocycles. The molecule has 98 valence electrons. The molecule has 5 N–H and O–H groups in total. The summed E-state index contributed by atoms with van der Waals surface area (Å²) < 4.78 is 0. The summed E-state index contributed by atoms with van der Waals surface area (Å²) in [5, 5.41) is 0. The molecule has 0 radical (unpaired) electrons. The van der Waals surface area contributed by atoms with Crippen molar-refractivity contribution in [3.05, 3.63) is 0 Å². The van der Waals surface area contributed by atoms with Crippen LogP contribution >= 0.6 is 0 Å². The highest BCUT2D eigenvalue weighted by Crippen LogP contribution is 2.50. The van der Waals surface area contributed by atoms with E-state index in [2.05, 4.69) is 47.0 Å². The second kappa shape index (κ2) is 5.03. The Labute approximate surface area is 101 Å². The Kier molecular flexibility index (Phi) is 4.99. The van der Waals surface area contributed by atoms with Crippen molar-refractivity contribution in [3.8, 4) is 0 Å². The van der Waals surface area contributed by atoms with Crippen LogP contribution in [0.5, 0.6) is 0 Å². The molecule has 0 saturated heterocycles. The third-order valence-corrected chi connectivity index (χ3v) is 5.16. The van der Waals surface area contributed by atoms with Crippen molar-refractivity contribution >= 4 is 0 Å². The highest BCUT2D eigenvalue weighted by atomic mass is 15.3. The molecule has 0 bridgehead atoms. The molecule has 0 spiro atoms. The van der Waals surface area contributed by atoms with Crippen LogP contribution in [0, 0.1) is 16.7 Å². The smallest absolute Gasteiger partial charge is 0.0817 e. The maximum absolute atomic E-state index is 6.28. The van der Waals surface area contributed by atoms with E-state index in [0.29, 0.717) is 5.92 Å². The zero-order valence-electron chi connectivity index (χ0n) is 12.1. The summed E-state index contributed by atoms with van der Waals surface area (Å²) in [7, 11) is 0. The second-order valence-corrected chi connectivity index (χ2v) is 6.38. The van der Waals surface area contributed by atoms with Gasteiger partial charge in [-0.25, -0.2) is 5.43 Å². The second-order valence-electron chi connectivity index (χ2n) is 6.38. The van der Waals surface area contributed by atoms with E-state index in [1.165, 1.54) is 12.8 Å².